The number of aromatic nitrogens is 5. The Morgan fingerprint density at radius 2 is 1.88 bits per heavy atom. The third-order valence-corrected chi connectivity index (χ3v) is 7.74. The molecule has 1 N–H and O–H groups in total. The molecule has 0 saturated carbocycles. The first kappa shape index (κ1) is 22.8. The summed E-state index contributed by atoms with van der Waals surface area (Å²) in [7, 11) is 0. The molecule has 2 saturated heterocycles. The Labute approximate surface area is 203 Å². The maximum absolute atomic E-state index is 9.15. The highest BCUT2D eigenvalue weighted by molar-refractivity contribution is 6.35. The van der Waals surface area contributed by atoms with E-state index in [4.69, 9.17) is 38.3 Å². The summed E-state index contributed by atoms with van der Waals surface area (Å²) in [6.07, 6.45) is 2.40. The normalized spacial score (nSPS) is 19.2. The zero-order valence-corrected chi connectivity index (χ0v) is 20.5. The van der Waals surface area contributed by atoms with E-state index in [1.54, 1.807) is 6.07 Å². The minimum Gasteiger partial charge on any atom is -0.395 e. The number of benzene rings is 1. The largest absolute Gasteiger partial charge is 0.395 e. The fourth-order valence-corrected chi connectivity index (χ4v) is 5.65. The third kappa shape index (κ3) is 4.41. The number of piperidine rings is 1. The lowest BCUT2D eigenvalue weighted by Gasteiger charge is -2.46. The van der Waals surface area contributed by atoms with Crippen LogP contribution >= 0.6 is 23.2 Å². The van der Waals surface area contributed by atoms with Crippen LogP contribution in [0.3, 0.4) is 0 Å². The van der Waals surface area contributed by atoms with E-state index in [1.165, 1.54) is 12.8 Å². The Balaban J connectivity index is 1.33. The van der Waals surface area contributed by atoms with Crippen LogP contribution < -0.4 is 4.90 Å². The van der Waals surface area contributed by atoms with Gasteiger partial charge in [-0.15, -0.1) is 5.10 Å². The van der Waals surface area contributed by atoms with Gasteiger partial charge in [0.1, 0.15) is 0 Å². The van der Waals surface area contributed by atoms with E-state index in [0.717, 1.165) is 61.5 Å². The highest BCUT2D eigenvalue weighted by atomic mass is 35.5. The van der Waals surface area contributed by atoms with Gasteiger partial charge in [-0.2, -0.15) is 4.98 Å². The van der Waals surface area contributed by atoms with Crippen molar-refractivity contribution in [2.24, 2.45) is 11.8 Å². The van der Waals surface area contributed by atoms with Crippen LogP contribution in [-0.4, -0.2) is 74.3 Å². The number of halogens is 2. The number of likely N-dealkylation sites (tertiary alicyclic amines) is 1. The van der Waals surface area contributed by atoms with Gasteiger partial charge in [-0.05, 0) is 69.3 Å². The number of hydrogen-bond donors (Lipinski definition) is 1. The molecule has 2 fully saturated rings. The van der Waals surface area contributed by atoms with Crippen molar-refractivity contribution in [2.75, 3.05) is 44.2 Å². The smallest absolute Gasteiger partial charge is 0.227 e. The van der Waals surface area contributed by atoms with Gasteiger partial charge in [-0.3, -0.25) is 0 Å². The molecule has 2 aliphatic heterocycles. The van der Waals surface area contributed by atoms with Crippen molar-refractivity contribution in [3.63, 3.8) is 0 Å². The number of rotatable bonds is 6. The van der Waals surface area contributed by atoms with Crippen molar-refractivity contribution >= 4 is 40.3 Å². The summed E-state index contributed by atoms with van der Waals surface area (Å²) in [6, 6.07) is 5.35. The summed E-state index contributed by atoms with van der Waals surface area (Å²) >= 11 is 12.5. The van der Waals surface area contributed by atoms with Gasteiger partial charge in [0.2, 0.25) is 5.95 Å². The predicted molar refractivity (Wildman–Crippen MR) is 130 cm³/mol. The average molecular weight is 490 g/mol. The van der Waals surface area contributed by atoms with Crippen LogP contribution in [0.4, 0.5) is 5.95 Å². The first-order chi connectivity index (χ1) is 15.9. The fourth-order valence-electron chi connectivity index (χ4n) is 5.09. The van der Waals surface area contributed by atoms with E-state index in [0.29, 0.717) is 21.5 Å². The van der Waals surface area contributed by atoms with Gasteiger partial charge in [0.15, 0.2) is 11.2 Å². The lowest BCUT2D eigenvalue weighted by Crippen LogP contribution is -2.53. The molecule has 0 amide bonds. The number of β-amino-alcohol motifs (C(OH)–C–C–N with tert-alkyl or cyclic N) is 1. The van der Waals surface area contributed by atoms with E-state index in [9.17, 15) is 0 Å². The minimum atomic E-state index is -0.143. The van der Waals surface area contributed by atoms with E-state index in [1.807, 2.05) is 30.7 Å². The molecule has 0 bridgehead atoms. The Hall–Kier alpha value is -2.00. The summed E-state index contributed by atoms with van der Waals surface area (Å²) in [5, 5.41) is 19.1. The molecule has 3 aromatic rings. The number of fused-ring (bicyclic) bond motifs is 1. The van der Waals surface area contributed by atoms with Crippen molar-refractivity contribution in [1.82, 2.24) is 29.9 Å². The predicted octanol–water partition coefficient (Wildman–Crippen LogP) is 3.59. The molecule has 0 spiro atoms. The van der Waals surface area contributed by atoms with Crippen LogP contribution in [0.25, 0.3) is 11.2 Å². The summed E-state index contributed by atoms with van der Waals surface area (Å²) in [6.45, 7) is 9.15. The van der Waals surface area contributed by atoms with Crippen molar-refractivity contribution in [3.8, 4) is 0 Å². The lowest BCUT2D eigenvalue weighted by molar-refractivity contribution is 0.113. The van der Waals surface area contributed by atoms with Crippen molar-refractivity contribution in [1.29, 1.82) is 0 Å². The van der Waals surface area contributed by atoms with Gasteiger partial charge in [-0.25, -0.2) is 9.67 Å². The van der Waals surface area contributed by atoms with Crippen molar-refractivity contribution < 1.29 is 5.11 Å². The maximum atomic E-state index is 9.15. The summed E-state index contributed by atoms with van der Waals surface area (Å²) in [5.41, 5.74) is 3.18. The number of hydrogen-bond acceptors (Lipinski definition) is 7. The maximum Gasteiger partial charge on any atom is 0.227 e. The molecule has 8 nitrogen and oxygen atoms in total. The lowest BCUT2D eigenvalue weighted by atomic mass is 9.80. The van der Waals surface area contributed by atoms with Crippen LogP contribution in [-0.2, 0) is 0 Å². The number of aryl methyl sites for hydroxylation is 1. The second-order valence-electron chi connectivity index (χ2n) is 9.22. The highest BCUT2D eigenvalue weighted by Crippen LogP contribution is 2.35. The molecule has 2 aliphatic rings. The third-order valence-electron chi connectivity index (χ3n) is 7.17. The zero-order chi connectivity index (χ0) is 23.1. The monoisotopic (exact) mass is 489 g/mol. The summed E-state index contributed by atoms with van der Waals surface area (Å²) in [4.78, 5) is 14.2. The van der Waals surface area contributed by atoms with Gasteiger partial charge in [-0.1, -0.05) is 34.5 Å². The molecule has 0 unspecified atom stereocenters. The van der Waals surface area contributed by atoms with E-state index in [2.05, 4.69) is 20.1 Å². The average Bonchev–Trinajstić information content (AvgIpc) is 3.18. The molecule has 4 heterocycles. The second kappa shape index (κ2) is 9.33. The van der Waals surface area contributed by atoms with Crippen LogP contribution in [0.5, 0.6) is 0 Å². The second-order valence-corrected chi connectivity index (χ2v) is 10.1. The molecular formula is C23H29Cl2N7O. The van der Waals surface area contributed by atoms with Crippen LogP contribution in [0.15, 0.2) is 18.2 Å². The van der Waals surface area contributed by atoms with E-state index >= 15 is 0 Å². The van der Waals surface area contributed by atoms with Gasteiger partial charge in [0.05, 0.1) is 18.3 Å². The van der Waals surface area contributed by atoms with Crippen LogP contribution in [0, 0.1) is 18.8 Å². The molecular weight excluding hydrogens is 461 g/mol. The SMILES string of the molecule is Cc1nc(N2CC(C3CCN(CCO)CC3)C2)nc2c1nnn2[C@H](C)c1ccc(Cl)cc1Cl. The molecule has 0 aliphatic carbocycles. The summed E-state index contributed by atoms with van der Waals surface area (Å²) < 4.78 is 1.82. The zero-order valence-electron chi connectivity index (χ0n) is 19.0. The molecule has 33 heavy (non-hydrogen) atoms. The van der Waals surface area contributed by atoms with Crippen LogP contribution in [0.1, 0.15) is 37.1 Å². The first-order valence-electron chi connectivity index (χ1n) is 11.6. The Morgan fingerprint density at radius 1 is 1.12 bits per heavy atom. The highest BCUT2D eigenvalue weighted by Gasteiger charge is 2.36. The fraction of sp³-hybridized carbons (Fsp3) is 0.565. The minimum absolute atomic E-state index is 0.143. The molecule has 176 valence electrons. The molecule has 1 aromatic carbocycles. The molecule has 5 rings (SSSR count). The number of nitrogens with zero attached hydrogens (tertiary/aromatic N) is 7. The van der Waals surface area contributed by atoms with Gasteiger partial charge in [0.25, 0.3) is 0 Å². The van der Waals surface area contributed by atoms with Crippen LogP contribution in [0.2, 0.25) is 10.0 Å². The van der Waals surface area contributed by atoms with Crippen molar-refractivity contribution in [2.45, 2.75) is 32.7 Å². The van der Waals surface area contributed by atoms with Gasteiger partial charge < -0.3 is 14.9 Å². The Kier molecular flexibility index (Phi) is 6.44. The summed E-state index contributed by atoms with van der Waals surface area (Å²) in [5.74, 6) is 2.16. The van der Waals surface area contributed by atoms with Gasteiger partial charge >= 0.3 is 0 Å². The standard InChI is InChI=1S/C23H29Cl2N7O/c1-14-21-22(32(29-28-21)15(2)19-4-3-18(24)11-20(19)25)27-23(26-14)31-12-17(13-31)16-5-7-30(8-6-16)9-10-33/h3-4,11,15-17,33H,5-10,12-13H2,1-2H3/t15-/m1/s1. The quantitative estimate of drug-likeness (QED) is 0.566. The number of anilines is 1. The molecule has 0 radical (unpaired) electrons. The van der Waals surface area contributed by atoms with Crippen molar-refractivity contribution in [3.05, 3.63) is 39.5 Å². The Bertz CT molecular complexity index is 1140. The Morgan fingerprint density at radius 3 is 2.58 bits per heavy atom. The van der Waals surface area contributed by atoms with E-state index < -0.39 is 0 Å². The number of aliphatic hydroxyl groups excluding tert-OH is 1. The van der Waals surface area contributed by atoms with E-state index in [-0.39, 0.29) is 12.6 Å². The molecule has 10 heteroatoms. The first-order valence-corrected chi connectivity index (χ1v) is 12.3. The molecule has 1 atom stereocenters. The number of aliphatic hydroxyl groups is 1. The van der Waals surface area contributed by atoms with Gasteiger partial charge in [0, 0.05) is 29.7 Å². The topological polar surface area (TPSA) is 83.2 Å². The molecule has 2 aromatic heterocycles.